The van der Waals surface area contributed by atoms with Crippen LogP contribution < -0.4 is 10.6 Å². The van der Waals surface area contributed by atoms with Crippen molar-refractivity contribution in [2.75, 3.05) is 11.9 Å². The van der Waals surface area contributed by atoms with Crippen LogP contribution in [0.1, 0.15) is 38.7 Å². The van der Waals surface area contributed by atoms with Gasteiger partial charge in [0.15, 0.2) is 0 Å². The Morgan fingerprint density at radius 3 is 2.45 bits per heavy atom. The van der Waals surface area contributed by atoms with Crippen LogP contribution in [0.4, 0.5) is 10.5 Å². The van der Waals surface area contributed by atoms with Gasteiger partial charge in [-0.25, -0.2) is 13.2 Å². The van der Waals surface area contributed by atoms with Gasteiger partial charge in [-0.1, -0.05) is 23.7 Å². The predicted molar refractivity (Wildman–Crippen MR) is 127 cm³/mol. The van der Waals surface area contributed by atoms with E-state index in [1.807, 2.05) is 0 Å². The second-order valence-corrected chi connectivity index (χ2v) is 10.4. The summed E-state index contributed by atoms with van der Waals surface area (Å²) in [6.07, 6.45) is 1.14. The first-order valence-electron chi connectivity index (χ1n) is 10.8. The van der Waals surface area contributed by atoms with E-state index in [1.54, 1.807) is 38.1 Å². The summed E-state index contributed by atoms with van der Waals surface area (Å²) in [6.45, 7) is 4.03. The smallest absolute Gasteiger partial charge is 0.411 e. The molecule has 3 rings (SSSR count). The molecule has 0 aromatic heterocycles. The molecule has 8 nitrogen and oxygen atoms in total. The van der Waals surface area contributed by atoms with Gasteiger partial charge in [0.2, 0.25) is 15.9 Å². The lowest BCUT2D eigenvalue weighted by Gasteiger charge is -2.29. The van der Waals surface area contributed by atoms with E-state index in [9.17, 15) is 18.0 Å². The van der Waals surface area contributed by atoms with E-state index in [0.29, 0.717) is 29.2 Å². The van der Waals surface area contributed by atoms with Crippen molar-refractivity contribution in [3.63, 3.8) is 0 Å². The monoisotopic (exact) mass is 493 g/mol. The SMILES string of the molecule is CC(C)OC(=O)Nc1ccc(CN([C@@H]2CCCCNC2=O)S(=O)(=O)c2ccc(Cl)cc2)cc1. The number of carbonyl (C=O) groups excluding carboxylic acids is 2. The van der Waals surface area contributed by atoms with Gasteiger partial charge < -0.3 is 10.1 Å². The molecule has 2 aromatic rings. The second-order valence-electron chi connectivity index (χ2n) is 8.08. The fraction of sp³-hybridized carbons (Fsp3) is 0.391. The maximum Gasteiger partial charge on any atom is 0.411 e. The summed E-state index contributed by atoms with van der Waals surface area (Å²) < 4.78 is 33.4. The topological polar surface area (TPSA) is 105 Å². The Hall–Kier alpha value is -2.62. The molecular weight excluding hydrogens is 466 g/mol. The lowest BCUT2D eigenvalue weighted by Crippen LogP contribution is -2.48. The van der Waals surface area contributed by atoms with Crippen LogP contribution in [-0.2, 0) is 26.1 Å². The molecule has 0 unspecified atom stereocenters. The van der Waals surface area contributed by atoms with E-state index in [1.165, 1.54) is 28.6 Å². The first kappa shape index (κ1) is 25.0. The lowest BCUT2D eigenvalue weighted by molar-refractivity contribution is -0.124. The summed E-state index contributed by atoms with van der Waals surface area (Å²) in [5.74, 6) is -0.306. The Kier molecular flexibility index (Phi) is 8.34. The van der Waals surface area contributed by atoms with Gasteiger partial charge in [0.25, 0.3) is 0 Å². The minimum Gasteiger partial charge on any atom is -0.447 e. The Balaban J connectivity index is 1.87. The molecule has 1 aliphatic rings. The van der Waals surface area contributed by atoms with E-state index in [2.05, 4.69) is 10.6 Å². The number of amides is 2. The van der Waals surface area contributed by atoms with Crippen molar-refractivity contribution < 1.29 is 22.7 Å². The Bertz CT molecular complexity index is 1070. The largest absolute Gasteiger partial charge is 0.447 e. The number of rotatable bonds is 7. The third-order valence-electron chi connectivity index (χ3n) is 5.16. The molecule has 178 valence electrons. The number of carbonyl (C=O) groups is 2. The molecule has 2 amide bonds. The molecule has 0 aliphatic carbocycles. The lowest BCUT2D eigenvalue weighted by atomic mass is 10.1. The minimum absolute atomic E-state index is 0.000231. The van der Waals surface area contributed by atoms with Crippen molar-refractivity contribution in [1.29, 1.82) is 0 Å². The molecule has 2 N–H and O–H groups in total. The highest BCUT2D eigenvalue weighted by atomic mass is 35.5. The normalized spacial score (nSPS) is 16.9. The molecular formula is C23H28ClN3O5S. The molecule has 0 bridgehead atoms. The third-order valence-corrected chi connectivity index (χ3v) is 7.28. The maximum absolute atomic E-state index is 13.5. The Labute approximate surface area is 199 Å². The second kappa shape index (κ2) is 11.0. The van der Waals surface area contributed by atoms with Crippen LogP contribution in [0.3, 0.4) is 0 Å². The summed E-state index contributed by atoms with van der Waals surface area (Å²) in [7, 11) is -3.98. The molecule has 2 aromatic carbocycles. The van der Waals surface area contributed by atoms with Gasteiger partial charge >= 0.3 is 6.09 Å². The van der Waals surface area contributed by atoms with E-state index in [4.69, 9.17) is 16.3 Å². The van der Waals surface area contributed by atoms with Crippen molar-refractivity contribution in [1.82, 2.24) is 9.62 Å². The van der Waals surface area contributed by atoms with Gasteiger partial charge in [-0.2, -0.15) is 4.31 Å². The number of hydrogen-bond acceptors (Lipinski definition) is 5. The van der Waals surface area contributed by atoms with E-state index < -0.39 is 22.2 Å². The quantitative estimate of drug-likeness (QED) is 0.602. The number of ether oxygens (including phenoxy) is 1. The molecule has 0 radical (unpaired) electrons. The van der Waals surface area contributed by atoms with Crippen LogP contribution in [0.2, 0.25) is 5.02 Å². The average molecular weight is 494 g/mol. The van der Waals surface area contributed by atoms with Gasteiger partial charge in [-0.15, -0.1) is 0 Å². The summed E-state index contributed by atoms with van der Waals surface area (Å²) in [5.41, 5.74) is 1.19. The highest BCUT2D eigenvalue weighted by Crippen LogP contribution is 2.26. The van der Waals surface area contributed by atoms with Crippen LogP contribution in [0.15, 0.2) is 53.4 Å². The zero-order valence-corrected chi connectivity index (χ0v) is 20.2. The minimum atomic E-state index is -3.98. The number of anilines is 1. The van der Waals surface area contributed by atoms with Crippen LogP contribution >= 0.6 is 11.6 Å². The number of nitrogens with one attached hydrogen (secondary N) is 2. The van der Waals surface area contributed by atoms with Crippen molar-refractivity contribution in [2.24, 2.45) is 0 Å². The zero-order valence-electron chi connectivity index (χ0n) is 18.6. The van der Waals surface area contributed by atoms with Gasteiger partial charge in [0, 0.05) is 23.8 Å². The number of hydrogen-bond donors (Lipinski definition) is 2. The van der Waals surface area contributed by atoms with Crippen molar-refractivity contribution in [3.05, 3.63) is 59.1 Å². The Morgan fingerprint density at radius 2 is 1.82 bits per heavy atom. The summed E-state index contributed by atoms with van der Waals surface area (Å²) in [5, 5.41) is 5.86. The molecule has 0 spiro atoms. The molecule has 1 heterocycles. The first-order valence-corrected chi connectivity index (χ1v) is 12.6. The molecule has 1 atom stereocenters. The van der Waals surface area contributed by atoms with Crippen LogP contribution in [0, 0.1) is 0 Å². The molecule has 1 fully saturated rings. The van der Waals surface area contributed by atoms with Crippen molar-refractivity contribution in [3.8, 4) is 0 Å². The van der Waals surface area contributed by atoms with Crippen LogP contribution in [0.5, 0.6) is 0 Å². The number of benzene rings is 2. The van der Waals surface area contributed by atoms with Crippen LogP contribution in [0.25, 0.3) is 0 Å². The van der Waals surface area contributed by atoms with Gasteiger partial charge in [0.1, 0.15) is 6.04 Å². The summed E-state index contributed by atoms with van der Waals surface area (Å²) >= 11 is 5.93. The van der Waals surface area contributed by atoms with Crippen LogP contribution in [-0.4, -0.2) is 43.4 Å². The fourth-order valence-corrected chi connectivity index (χ4v) is 5.27. The molecule has 33 heavy (non-hydrogen) atoms. The average Bonchev–Trinajstić information content (AvgIpc) is 2.97. The van der Waals surface area contributed by atoms with E-state index in [-0.39, 0.29) is 23.5 Å². The third kappa shape index (κ3) is 6.69. The molecule has 1 aliphatic heterocycles. The predicted octanol–water partition coefficient (Wildman–Crippen LogP) is 4.16. The summed E-state index contributed by atoms with van der Waals surface area (Å²) in [4.78, 5) is 24.6. The van der Waals surface area contributed by atoms with Gasteiger partial charge in [-0.05, 0) is 75.1 Å². The number of nitrogens with zero attached hydrogens (tertiary/aromatic N) is 1. The fourth-order valence-electron chi connectivity index (χ4n) is 3.54. The van der Waals surface area contributed by atoms with Crippen molar-refractivity contribution in [2.45, 2.75) is 56.7 Å². The molecule has 10 heteroatoms. The molecule has 0 saturated carbocycles. The van der Waals surface area contributed by atoms with Gasteiger partial charge in [-0.3, -0.25) is 10.1 Å². The first-order chi connectivity index (χ1) is 15.7. The maximum atomic E-state index is 13.5. The number of halogens is 1. The van der Waals surface area contributed by atoms with Crippen molar-refractivity contribution >= 4 is 39.3 Å². The zero-order chi connectivity index (χ0) is 24.0. The van der Waals surface area contributed by atoms with Gasteiger partial charge in [0.05, 0.1) is 11.0 Å². The van der Waals surface area contributed by atoms with E-state index >= 15 is 0 Å². The van der Waals surface area contributed by atoms with E-state index in [0.717, 1.165) is 12.8 Å². The molecule has 1 saturated heterocycles. The Morgan fingerprint density at radius 1 is 1.15 bits per heavy atom. The standard InChI is InChI=1S/C23H28ClN3O5S/c1-16(2)32-23(29)26-19-10-6-17(7-11-19)15-27(21-5-3-4-14-25-22(21)28)33(30,31)20-12-8-18(24)9-13-20/h6-13,16,21H,3-5,14-15H2,1-2H3,(H,25,28)(H,26,29)/t21-/m1/s1. The number of sulfonamides is 1. The highest BCUT2D eigenvalue weighted by molar-refractivity contribution is 7.89. The highest BCUT2D eigenvalue weighted by Gasteiger charge is 2.36. The summed E-state index contributed by atoms with van der Waals surface area (Å²) in [6, 6.07) is 11.8.